The Bertz CT molecular complexity index is 748. The third-order valence-corrected chi connectivity index (χ3v) is 3.25. The third kappa shape index (κ3) is 2.63. The van der Waals surface area contributed by atoms with E-state index < -0.39 is 0 Å². The molecule has 0 radical (unpaired) electrons. The van der Waals surface area contributed by atoms with Crippen LogP contribution in [0.5, 0.6) is 5.75 Å². The number of aromatic hydroxyl groups is 1. The summed E-state index contributed by atoms with van der Waals surface area (Å²) in [5, 5.41) is 13.7. The number of benzene rings is 1. The minimum atomic E-state index is 0.0165. The third-order valence-electron chi connectivity index (χ3n) is 3.25. The molecule has 5 nitrogen and oxygen atoms in total. The molecule has 3 aromatic rings. The van der Waals surface area contributed by atoms with E-state index >= 15 is 0 Å². The van der Waals surface area contributed by atoms with Crippen molar-refractivity contribution < 1.29 is 9.63 Å². The fraction of sp³-hybridized carbons (Fsp3) is 0.188. The van der Waals surface area contributed by atoms with Gasteiger partial charge in [-0.05, 0) is 23.6 Å². The molecule has 2 heterocycles. The van der Waals surface area contributed by atoms with Crippen molar-refractivity contribution in [1.29, 1.82) is 0 Å². The molecule has 0 unspecified atom stereocenters. The van der Waals surface area contributed by atoms with E-state index in [9.17, 15) is 5.11 Å². The topological polar surface area (TPSA) is 72.0 Å². The second kappa shape index (κ2) is 5.36. The summed E-state index contributed by atoms with van der Waals surface area (Å²) in [5.74, 6) is 1.18. The molecule has 0 saturated heterocycles. The molecule has 2 aromatic heterocycles. The van der Waals surface area contributed by atoms with Gasteiger partial charge in [-0.2, -0.15) is 4.98 Å². The maximum atomic E-state index is 9.75. The predicted molar refractivity (Wildman–Crippen MR) is 78.7 cm³/mol. The molecule has 1 aromatic carbocycles. The lowest BCUT2D eigenvalue weighted by Gasteiger charge is -2.04. The summed E-state index contributed by atoms with van der Waals surface area (Å²) in [6.07, 6.45) is 1.57. The number of hydrogen-bond donors (Lipinski definition) is 1. The lowest BCUT2D eigenvalue weighted by Crippen LogP contribution is -1.88. The van der Waals surface area contributed by atoms with Gasteiger partial charge in [0.25, 0.3) is 5.89 Å². The van der Waals surface area contributed by atoms with Crippen LogP contribution >= 0.6 is 0 Å². The predicted octanol–water partition coefficient (Wildman–Crippen LogP) is 3.63. The number of rotatable bonds is 3. The summed E-state index contributed by atoms with van der Waals surface area (Å²) in [7, 11) is 0. The Hall–Kier alpha value is -2.69. The van der Waals surface area contributed by atoms with Gasteiger partial charge < -0.3 is 9.63 Å². The Morgan fingerprint density at radius 3 is 2.52 bits per heavy atom. The van der Waals surface area contributed by atoms with Crippen LogP contribution < -0.4 is 0 Å². The summed E-state index contributed by atoms with van der Waals surface area (Å²) < 4.78 is 5.18. The number of aromatic nitrogens is 3. The summed E-state index contributed by atoms with van der Waals surface area (Å²) in [5.41, 5.74) is 2.41. The fourth-order valence-electron chi connectivity index (χ4n) is 2.02. The van der Waals surface area contributed by atoms with Gasteiger partial charge in [0, 0.05) is 11.8 Å². The molecule has 3 rings (SSSR count). The molecule has 0 aliphatic heterocycles. The van der Waals surface area contributed by atoms with Crippen molar-refractivity contribution in [2.45, 2.75) is 19.8 Å². The maximum absolute atomic E-state index is 9.75. The lowest BCUT2D eigenvalue weighted by molar-refractivity contribution is 0.423. The molecule has 0 aliphatic carbocycles. The second-order valence-electron chi connectivity index (χ2n) is 5.07. The van der Waals surface area contributed by atoms with Crippen LogP contribution in [0.4, 0.5) is 0 Å². The van der Waals surface area contributed by atoms with Crippen molar-refractivity contribution in [1.82, 2.24) is 15.1 Å². The highest BCUT2D eigenvalue weighted by molar-refractivity contribution is 5.61. The van der Waals surface area contributed by atoms with E-state index in [1.54, 1.807) is 12.3 Å². The monoisotopic (exact) mass is 281 g/mol. The minimum absolute atomic E-state index is 0.0165. The van der Waals surface area contributed by atoms with Gasteiger partial charge in [0.05, 0.1) is 0 Å². The molecule has 0 atom stereocenters. The first-order valence-electron chi connectivity index (χ1n) is 6.73. The van der Waals surface area contributed by atoms with Crippen LogP contribution in [0.1, 0.15) is 25.3 Å². The molecule has 0 aliphatic rings. The number of nitrogens with zero attached hydrogens (tertiary/aromatic N) is 3. The van der Waals surface area contributed by atoms with Crippen LogP contribution in [0, 0.1) is 0 Å². The average Bonchev–Trinajstić information content (AvgIpc) is 2.97. The first kappa shape index (κ1) is 13.3. The molecular weight excluding hydrogens is 266 g/mol. The number of hydrogen-bond acceptors (Lipinski definition) is 5. The SMILES string of the molecule is CC(C)c1ccc(-c2noc(-c3ncccc3O)n2)cc1. The Morgan fingerprint density at radius 1 is 1.10 bits per heavy atom. The Morgan fingerprint density at radius 2 is 1.86 bits per heavy atom. The highest BCUT2D eigenvalue weighted by Crippen LogP contribution is 2.27. The van der Waals surface area contributed by atoms with Crippen molar-refractivity contribution in [3.8, 4) is 28.7 Å². The van der Waals surface area contributed by atoms with Crippen molar-refractivity contribution >= 4 is 0 Å². The van der Waals surface area contributed by atoms with Crippen LogP contribution in [0.25, 0.3) is 23.0 Å². The van der Waals surface area contributed by atoms with Crippen molar-refractivity contribution in [3.63, 3.8) is 0 Å². The Kier molecular flexibility index (Phi) is 3.39. The molecular formula is C16H15N3O2. The van der Waals surface area contributed by atoms with Crippen LogP contribution in [-0.2, 0) is 0 Å². The van der Waals surface area contributed by atoms with E-state index in [0.717, 1.165) is 5.56 Å². The normalized spacial score (nSPS) is 11.0. The van der Waals surface area contributed by atoms with Gasteiger partial charge in [0.2, 0.25) is 5.82 Å². The van der Waals surface area contributed by atoms with Gasteiger partial charge in [-0.15, -0.1) is 0 Å². The van der Waals surface area contributed by atoms with Crippen LogP contribution in [0.15, 0.2) is 47.1 Å². The van der Waals surface area contributed by atoms with Gasteiger partial charge in [-0.25, -0.2) is 4.98 Å². The zero-order valence-corrected chi connectivity index (χ0v) is 11.8. The zero-order valence-electron chi connectivity index (χ0n) is 11.8. The molecule has 0 amide bonds. The van der Waals surface area contributed by atoms with Crippen LogP contribution in [-0.4, -0.2) is 20.2 Å². The van der Waals surface area contributed by atoms with Gasteiger partial charge in [-0.1, -0.05) is 43.3 Å². The van der Waals surface area contributed by atoms with Gasteiger partial charge in [0.1, 0.15) is 5.75 Å². The molecule has 0 saturated carbocycles. The highest BCUT2D eigenvalue weighted by Gasteiger charge is 2.15. The Balaban J connectivity index is 1.93. The highest BCUT2D eigenvalue weighted by atomic mass is 16.5. The average molecular weight is 281 g/mol. The van der Waals surface area contributed by atoms with Gasteiger partial charge in [0.15, 0.2) is 5.69 Å². The van der Waals surface area contributed by atoms with E-state index in [1.165, 1.54) is 11.6 Å². The molecule has 21 heavy (non-hydrogen) atoms. The first-order chi connectivity index (χ1) is 10.1. The van der Waals surface area contributed by atoms with E-state index in [2.05, 4.69) is 29.0 Å². The first-order valence-corrected chi connectivity index (χ1v) is 6.73. The van der Waals surface area contributed by atoms with Crippen molar-refractivity contribution in [3.05, 3.63) is 48.2 Å². The summed E-state index contributed by atoms with van der Waals surface area (Å²) in [6.45, 7) is 4.29. The smallest absolute Gasteiger partial charge is 0.280 e. The molecule has 1 N–H and O–H groups in total. The van der Waals surface area contributed by atoms with Crippen LogP contribution in [0.3, 0.4) is 0 Å². The zero-order chi connectivity index (χ0) is 14.8. The van der Waals surface area contributed by atoms with Crippen molar-refractivity contribution in [2.24, 2.45) is 0 Å². The van der Waals surface area contributed by atoms with E-state index in [1.807, 2.05) is 24.3 Å². The largest absolute Gasteiger partial charge is 0.505 e. The van der Waals surface area contributed by atoms with Crippen LogP contribution in [0.2, 0.25) is 0 Å². The van der Waals surface area contributed by atoms with E-state index in [4.69, 9.17) is 4.52 Å². The molecule has 5 heteroatoms. The summed E-state index contributed by atoms with van der Waals surface area (Å²) in [4.78, 5) is 8.33. The standard InChI is InChI=1S/C16H15N3O2/c1-10(2)11-5-7-12(8-6-11)15-18-16(21-19-15)14-13(20)4-3-9-17-14/h3-10,20H,1-2H3. The van der Waals surface area contributed by atoms with E-state index in [0.29, 0.717) is 11.7 Å². The lowest BCUT2D eigenvalue weighted by atomic mass is 10.0. The fourth-order valence-corrected chi connectivity index (χ4v) is 2.02. The van der Waals surface area contributed by atoms with Gasteiger partial charge >= 0.3 is 0 Å². The van der Waals surface area contributed by atoms with Gasteiger partial charge in [-0.3, -0.25) is 0 Å². The summed E-state index contributed by atoms with van der Waals surface area (Å²) >= 11 is 0. The number of pyridine rings is 1. The maximum Gasteiger partial charge on any atom is 0.280 e. The molecule has 0 spiro atoms. The van der Waals surface area contributed by atoms with Crippen molar-refractivity contribution in [2.75, 3.05) is 0 Å². The quantitative estimate of drug-likeness (QED) is 0.793. The van der Waals surface area contributed by atoms with E-state index in [-0.39, 0.29) is 17.3 Å². The molecule has 0 fully saturated rings. The second-order valence-corrected chi connectivity index (χ2v) is 5.07. The summed E-state index contributed by atoms with van der Waals surface area (Å²) in [6, 6.07) is 11.2. The molecule has 106 valence electrons. The minimum Gasteiger partial charge on any atom is -0.505 e. The molecule has 0 bridgehead atoms. The Labute approximate surface area is 122 Å².